The number of hydrogen-bond donors (Lipinski definition) is 0. The number of likely N-dealkylation sites (tertiary alicyclic amines) is 1. The van der Waals surface area contributed by atoms with Gasteiger partial charge in [0.25, 0.3) is 0 Å². The number of esters is 1. The van der Waals surface area contributed by atoms with Crippen LogP contribution in [0.4, 0.5) is 0 Å². The number of rotatable bonds is 7. The number of benzene rings is 1. The van der Waals surface area contributed by atoms with Crippen molar-refractivity contribution in [3.63, 3.8) is 0 Å². The number of carbonyl (C=O) groups excluding carboxylic acids is 2. The van der Waals surface area contributed by atoms with Crippen molar-refractivity contribution in [2.45, 2.75) is 52.6 Å². The largest absolute Gasteiger partial charge is 0.461 e. The summed E-state index contributed by atoms with van der Waals surface area (Å²) in [4.78, 5) is 26.9. The minimum absolute atomic E-state index is 0.0945. The van der Waals surface area contributed by atoms with Crippen molar-refractivity contribution in [1.29, 1.82) is 0 Å². The molecule has 4 nitrogen and oxygen atoms in total. The maximum atomic E-state index is 12.5. The van der Waals surface area contributed by atoms with Gasteiger partial charge in [-0.05, 0) is 37.2 Å². The summed E-state index contributed by atoms with van der Waals surface area (Å²) in [6.07, 6.45) is 4.29. The van der Waals surface area contributed by atoms with Gasteiger partial charge in [0, 0.05) is 19.5 Å². The van der Waals surface area contributed by atoms with Crippen LogP contribution in [-0.2, 0) is 20.9 Å². The minimum atomic E-state index is -0.344. The molecule has 0 bridgehead atoms. The summed E-state index contributed by atoms with van der Waals surface area (Å²) in [5.41, 5.74) is 0.969. The van der Waals surface area contributed by atoms with E-state index in [2.05, 4.69) is 13.8 Å². The van der Waals surface area contributed by atoms with Crippen molar-refractivity contribution in [2.75, 3.05) is 13.1 Å². The zero-order valence-electron chi connectivity index (χ0n) is 14.9. The van der Waals surface area contributed by atoms with Crippen molar-refractivity contribution in [1.82, 2.24) is 4.90 Å². The fraction of sp³-hybridized carbons (Fsp3) is 0.600. The first kappa shape index (κ1) is 18.5. The molecule has 0 N–H and O–H groups in total. The van der Waals surface area contributed by atoms with E-state index < -0.39 is 0 Å². The molecular weight excluding hydrogens is 302 g/mol. The quantitative estimate of drug-likeness (QED) is 0.714. The van der Waals surface area contributed by atoms with E-state index in [1.807, 2.05) is 35.2 Å². The molecule has 1 amide bonds. The Morgan fingerprint density at radius 1 is 1.08 bits per heavy atom. The predicted molar refractivity (Wildman–Crippen MR) is 94.2 cm³/mol. The van der Waals surface area contributed by atoms with Gasteiger partial charge in [-0.2, -0.15) is 0 Å². The summed E-state index contributed by atoms with van der Waals surface area (Å²) in [5.74, 6) is -0.147. The van der Waals surface area contributed by atoms with E-state index in [0.29, 0.717) is 12.3 Å². The summed E-state index contributed by atoms with van der Waals surface area (Å²) in [6.45, 7) is 6.07. The lowest BCUT2D eigenvalue weighted by atomic mass is 9.93. The van der Waals surface area contributed by atoms with Gasteiger partial charge < -0.3 is 9.64 Å². The summed E-state index contributed by atoms with van der Waals surface area (Å²) in [5, 5.41) is 0. The van der Waals surface area contributed by atoms with Gasteiger partial charge in [-0.25, -0.2) is 0 Å². The Kier molecular flexibility index (Phi) is 7.29. The first-order valence-electron chi connectivity index (χ1n) is 9.04. The lowest BCUT2D eigenvalue weighted by Gasteiger charge is -2.28. The molecule has 1 saturated heterocycles. The van der Waals surface area contributed by atoms with Crippen molar-refractivity contribution in [3.05, 3.63) is 35.9 Å². The van der Waals surface area contributed by atoms with E-state index in [1.165, 1.54) is 6.42 Å². The van der Waals surface area contributed by atoms with Crippen LogP contribution in [-0.4, -0.2) is 29.9 Å². The van der Waals surface area contributed by atoms with Crippen LogP contribution in [0.15, 0.2) is 30.3 Å². The molecule has 0 radical (unpaired) electrons. The molecule has 2 rings (SSSR count). The maximum Gasteiger partial charge on any atom is 0.309 e. The highest BCUT2D eigenvalue weighted by Gasteiger charge is 2.27. The first-order valence-corrected chi connectivity index (χ1v) is 9.04. The van der Waals surface area contributed by atoms with Gasteiger partial charge in [-0.3, -0.25) is 9.59 Å². The number of nitrogens with zero attached hydrogens (tertiary/aromatic N) is 1. The molecule has 4 heteroatoms. The Labute approximate surface area is 145 Å². The number of amides is 1. The molecule has 1 aromatic carbocycles. The van der Waals surface area contributed by atoms with Crippen LogP contribution in [0.3, 0.4) is 0 Å². The van der Waals surface area contributed by atoms with Crippen LogP contribution >= 0.6 is 0 Å². The Balaban J connectivity index is 1.90. The molecule has 132 valence electrons. The average Bonchev–Trinajstić information content (AvgIpc) is 2.60. The second-order valence-corrected chi connectivity index (χ2v) is 7.07. The molecule has 0 spiro atoms. The van der Waals surface area contributed by atoms with E-state index in [0.717, 1.165) is 31.5 Å². The molecule has 1 aromatic rings. The molecule has 24 heavy (non-hydrogen) atoms. The maximum absolute atomic E-state index is 12.5. The highest BCUT2D eigenvalue weighted by molar-refractivity contribution is 5.83. The Morgan fingerprint density at radius 3 is 2.38 bits per heavy atom. The van der Waals surface area contributed by atoms with Crippen molar-refractivity contribution in [3.8, 4) is 0 Å². The van der Waals surface area contributed by atoms with E-state index in [-0.39, 0.29) is 30.8 Å². The highest BCUT2D eigenvalue weighted by Crippen LogP contribution is 2.21. The molecule has 0 aliphatic carbocycles. The van der Waals surface area contributed by atoms with Crippen molar-refractivity contribution in [2.24, 2.45) is 11.8 Å². The summed E-state index contributed by atoms with van der Waals surface area (Å²) in [7, 11) is 0. The lowest BCUT2D eigenvalue weighted by Crippen LogP contribution is -2.38. The lowest BCUT2D eigenvalue weighted by molar-refractivity contribution is -0.153. The van der Waals surface area contributed by atoms with E-state index in [1.54, 1.807) is 0 Å². The second kappa shape index (κ2) is 9.45. The molecule has 0 aromatic heterocycles. The number of hydrogen-bond acceptors (Lipinski definition) is 3. The van der Waals surface area contributed by atoms with Gasteiger partial charge in [0.05, 0.1) is 5.92 Å². The Hall–Kier alpha value is -1.84. The zero-order valence-corrected chi connectivity index (χ0v) is 14.9. The van der Waals surface area contributed by atoms with Crippen LogP contribution < -0.4 is 0 Å². The van der Waals surface area contributed by atoms with E-state index in [9.17, 15) is 9.59 Å². The third kappa shape index (κ3) is 5.99. The molecule has 0 saturated carbocycles. The van der Waals surface area contributed by atoms with Gasteiger partial charge >= 0.3 is 5.97 Å². The molecule has 0 unspecified atom stereocenters. The molecule has 1 fully saturated rings. The number of carbonyl (C=O) groups is 2. The Bertz CT molecular complexity index is 521. The molecule has 1 atom stereocenters. The minimum Gasteiger partial charge on any atom is -0.461 e. The van der Waals surface area contributed by atoms with Crippen molar-refractivity contribution < 1.29 is 14.3 Å². The summed E-state index contributed by atoms with van der Waals surface area (Å²) in [6, 6.07) is 9.65. The zero-order chi connectivity index (χ0) is 17.4. The smallest absolute Gasteiger partial charge is 0.309 e. The van der Waals surface area contributed by atoms with Gasteiger partial charge in [0.15, 0.2) is 0 Å². The van der Waals surface area contributed by atoms with Gasteiger partial charge in [0.1, 0.15) is 6.61 Å². The summed E-state index contributed by atoms with van der Waals surface area (Å²) >= 11 is 0. The first-order chi connectivity index (χ1) is 11.6. The fourth-order valence-electron chi connectivity index (χ4n) is 3.16. The topological polar surface area (TPSA) is 46.6 Å². The standard InChI is InChI=1S/C20H29NO3/c1-16(2)13-18(14-19(22)21-11-7-4-8-12-21)20(23)24-15-17-9-5-3-6-10-17/h3,5-6,9-10,16,18H,4,7-8,11-15H2,1-2H3/t18-/m1/s1. The van der Waals surface area contributed by atoms with Crippen LogP contribution in [0.1, 0.15) is 51.5 Å². The van der Waals surface area contributed by atoms with Crippen LogP contribution in [0.5, 0.6) is 0 Å². The van der Waals surface area contributed by atoms with Gasteiger partial charge in [0.2, 0.25) is 5.91 Å². The SMILES string of the molecule is CC(C)C[C@H](CC(=O)N1CCCCC1)C(=O)OCc1ccccc1. The molecule has 1 aliphatic heterocycles. The third-order valence-corrected chi connectivity index (χ3v) is 4.44. The normalized spacial score (nSPS) is 16.0. The molecular formula is C20H29NO3. The van der Waals surface area contributed by atoms with E-state index in [4.69, 9.17) is 4.74 Å². The Morgan fingerprint density at radius 2 is 1.75 bits per heavy atom. The van der Waals surface area contributed by atoms with Crippen LogP contribution in [0, 0.1) is 11.8 Å². The monoisotopic (exact) mass is 331 g/mol. The molecule has 1 aliphatic rings. The highest BCUT2D eigenvalue weighted by atomic mass is 16.5. The van der Waals surface area contributed by atoms with Crippen molar-refractivity contribution >= 4 is 11.9 Å². The average molecular weight is 331 g/mol. The van der Waals surface area contributed by atoms with E-state index >= 15 is 0 Å². The second-order valence-electron chi connectivity index (χ2n) is 7.07. The van der Waals surface area contributed by atoms with Gasteiger partial charge in [-0.1, -0.05) is 44.2 Å². The fourth-order valence-corrected chi connectivity index (χ4v) is 3.16. The molecule has 1 heterocycles. The number of piperidine rings is 1. The summed E-state index contributed by atoms with van der Waals surface area (Å²) < 4.78 is 5.47. The van der Waals surface area contributed by atoms with Crippen LogP contribution in [0.25, 0.3) is 0 Å². The third-order valence-electron chi connectivity index (χ3n) is 4.44. The number of ether oxygens (including phenoxy) is 1. The van der Waals surface area contributed by atoms with Gasteiger partial charge in [-0.15, -0.1) is 0 Å². The predicted octanol–water partition coefficient (Wildman–Crippen LogP) is 3.79. The van der Waals surface area contributed by atoms with Crippen LogP contribution in [0.2, 0.25) is 0 Å².